The minimum atomic E-state index is -0.297. The number of carbonyl (C=O) groups is 2. The number of ether oxygens (including phenoxy) is 1. The Morgan fingerprint density at radius 3 is 2.62 bits per heavy atom. The molecule has 0 aromatic heterocycles. The largest absolute Gasteiger partial charge is 0.468 e. The first-order valence-corrected chi connectivity index (χ1v) is 5.12. The van der Waals surface area contributed by atoms with E-state index in [4.69, 9.17) is 0 Å². The van der Waals surface area contributed by atoms with Crippen molar-refractivity contribution < 1.29 is 14.3 Å². The maximum Gasteiger partial charge on any atom is 0.318 e. The van der Waals surface area contributed by atoms with Gasteiger partial charge in [-0.15, -0.1) is 11.8 Å². The van der Waals surface area contributed by atoms with Crippen molar-refractivity contribution in [1.29, 1.82) is 0 Å². The molecule has 0 radical (unpaired) electrons. The van der Waals surface area contributed by atoms with Crippen LogP contribution in [0, 0.1) is 0 Å². The van der Waals surface area contributed by atoms with Crippen LogP contribution >= 0.6 is 11.8 Å². The molecule has 76 valence electrons. The summed E-state index contributed by atoms with van der Waals surface area (Å²) in [6.07, 6.45) is 0. The standard InChI is InChI=1S/C8H15NO3S/c1-4-9-7(10)5-13-6(2)8(11)12-3/h6H,4-5H2,1-3H3,(H,9,10). The molecule has 0 aromatic rings. The van der Waals surface area contributed by atoms with E-state index in [2.05, 4.69) is 10.1 Å². The third-order valence-corrected chi connectivity index (χ3v) is 2.49. The molecule has 0 spiro atoms. The zero-order chi connectivity index (χ0) is 10.3. The van der Waals surface area contributed by atoms with E-state index >= 15 is 0 Å². The first kappa shape index (κ1) is 12.3. The maximum absolute atomic E-state index is 11.0. The van der Waals surface area contributed by atoms with E-state index in [1.54, 1.807) is 6.92 Å². The molecular formula is C8H15NO3S. The predicted octanol–water partition coefficient (Wildman–Crippen LogP) is 0.417. The van der Waals surface area contributed by atoms with Crippen molar-refractivity contribution in [2.45, 2.75) is 19.1 Å². The molecule has 0 aliphatic heterocycles. The van der Waals surface area contributed by atoms with Crippen molar-refractivity contribution >= 4 is 23.6 Å². The molecule has 0 bridgehead atoms. The van der Waals surface area contributed by atoms with Crippen LogP contribution in [0.1, 0.15) is 13.8 Å². The van der Waals surface area contributed by atoms with Crippen LogP contribution in [-0.2, 0) is 14.3 Å². The molecule has 0 fully saturated rings. The summed E-state index contributed by atoms with van der Waals surface area (Å²) in [7, 11) is 1.34. The van der Waals surface area contributed by atoms with Crippen molar-refractivity contribution in [2.75, 3.05) is 19.4 Å². The van der Waals surface area contributed by atoms with Crippen LogP contribution in [0.25, 0.3) is 0 Å². The molecular weight excluding hydrogens is 190 g/mol. The fourth-order valence-corrected chi connectivity index (χ4v) is 1.42. The lowest BCUT2D eigenvalue weighted by Gasteiger charge is -2.07. The third kappa shape index (κ3) is 5.52. The molecule has 0 saturated carbocycles. The zero-order valence-corrected chi connectivity index (χ0v) is 8.94. The summed E-state index contributed by atoms with van der Waals surface area (Å²) in [5.74, 6) is -0.0537. The summed E-state index contributed by atoms with van der Waals surface area (Å²) in [4.78, 5) is 21.9. The molecule has 13 heavy (non-hydrogen) atoms. The minimum Gasteiger partial charge on any atom is -0.468 e. The van der Waals surface area contributed by atoms with Gasteiger partial charge in [0.25, 0.3) is 0 Å². The number of amides is 1. The van der Waals surface area contributed by atoms with Gasteiger partial charge in [-0.3, -0.25) is 9.59 Å². The topological polar surface area (TPSA) is 55.4 Å². The number of thioether (sulfide) groups is 1. The van der Waals surface area contributed by atoms with Gasteiger partial charge in [0.05, 0.1) is 12.9 Å². The number of rotatable bonds is 5. The van der Waals surface area contributed by atoms with E-state index < -0.39 is 0 Å². The normalized spacial score (nSPS) is 11.9. The highest BCUT2D eigenvalue weighted by Gasteiger charge is 2.14. The maximum atomic E-state index is 11.0. The highest BCUT2D eigenvalue weighted by molar-refractivity contribution is 8.01. The second-order valence-corrected chi connectivity index (χ2v) is 3.76. The van der Waals surface area contributed by atoms with Gasteiger partial charge >= 0.3 is 5.97 Å². The molecule has 4 nitrogen and oxygen atoms in total. The number of hydrogen-bond donors (Lipinski definition) is 1. The summed E-state index contributed by atoms with van der Waals surface area (Å²) >= 11 is 1.27. The number of carbonyl (C=O) groups excluding carboxylic acids is 2. The molecule has 1 N–H and O–H groups in total. The van der Waals surface area contributed by atoms with Crippen LogP contribution < -0.4 is 5.32 Å². The number of hydrogen-bond acceptors (Lipinski definition) is 4. The van der Waals surface area contributed by atoms with Gasteiger partial charge < -0.3 is 10.1 Å². The molecule has 1 atom stereocenters. The van der Waals surface area contributed by atoms with E-state index in [1.165, 1.54) is 18.9 Å². The van der Waals surface area contributed by atoms with Crippen LogP contribution in [0.2, 0.25) is 0 Å². The molecule has 0 aliphatic rings. The summed E-state index contributed by atoms with van der Waals surface area (Å²) < 4.78 is 4.51. The second kappa shape index (κ2) is 6.77. The quantitative estimate of drug-likeness (QED) is 0.661. The smallest absolute Gasteiger partial charge is 0.318 e. The Morgan fingerprint density at radius 1 is 1.54 bits per heavy atom. The van der Waals surface area contributed by atoms with E-state index in [0.29, 0.717) is 12.3 Å². The van der Waals surface area contributed by atoms with Gasteiger partial charge in [-0.2, -0.15) is 0 Å². The van der Waals surface area contributed by atoms with Crippen molar-refractivity contribution in [3.63, 3.8) is 0 Å². The van der Waals surface area contributed by atoms with Crippen LogP contribution in [0.5, 0.6) is 0 Å². The van der Waals surface area contributed by atoms with Crippen molar-refractivity contribution in [1.82, 2.24) is 5.32 Å². The Hall–Kier alpha value is -0.710. The Bertz CT molecular complexity index is 184. The highest BCUT2D eigenvalue weighted by Crippen LogP contribution is 2.10. The predicted molar refractivity (Wildman–Crippen MR) is 52.6 cm³/mol. The first-order chi connectivity index (χ1) is 6.11. The summed E-state index contributed by atoms with van der Waals surface area (Å²) in [5.41, 5.74) is 0. The molecule has 1 unspecified atom stereocenters. The minimum absolute atomic E-state index is 0.0525. The second-order valence-electron chi connectivity index (χ2n) is 2.43. The fourth-order valence-electron chi connectivity index (χ4n) is 0.683. The molecule has 5 heteroatoms. The SMILES string of the molecule is CCNC(=O)CSC(C)C(=O)OC. The third-order valence-electron chi connectivity index (χ3n) is 1.37. The average molecular weight is 205 g/mol. The number of methoxy groups -OCH3 is 1. The Balaban J connectivity index is 3.63. The lowest BCUT2D eigenvalue weighted by atomic mass is 10.5. The Labute approximate surface area is 82.4 Å². The molecule has 0 aliphatic carbocycles. The van der Waals surface area contributed by atoms with Gasteiger partial charge in [-0.05, 0) is 13.8 Å². The van der Waals surface area contributed by atoms with Crippen molar-refractivity contribution in [3.05, 3.63) is 0 Å². The van der Waals surface area contributed by atoms with Gasteiger partial charge in [0.1, 0.15) is 5.25 Å². The Morgan fingerprint density at radius 2 is 2.15 bits per heavy atom. The van der Waals surface area contributed by atoms with Crippen LogP contribution in [0.4, 0.5) is 0 Å². The van der Waals surface area contributed by atoms with E-state index in [-0.39, 0.29) is 17.1 Å². The molecule has 0 heterocycles. The van der Waals surface area contributed by atoms with E-state index in [0.717, 1.165) is 0 Å². The van der Waals surface area contributed by atoms with Gasteiger partial charge in [-0.1, -0.05) is 0 Å². The fraction of sp³-hybridized carbons (Fsp3) is 0.750. The van der Waals surface area contributed by atoms with Crippen LogP contribution in [0.3, 0.4) is 0 Å². The number of esters is 1. The molecule has 0 rings (SSSR count). The van der Waals surface area contributed by atoms with Crippen LogP contribution in [0.15, 0.2) is 0 Å². The summed E-state index contributed by atoms with van der Waals surface area (Å²) in [5, 5.41) is 2.36. The molecule has 1 amide bonds. The van der Waals surface area contributed by atoms with Crippen molar-refractivity contribution in [2.24, 2.45) is 0 Å². The van der Waals surface area contributed by atoms with Gasteiger partial charge in [-0.25, -0.2) is 0 Å². The zero-order valence-electron chi connectivity index (χ0n) is 8.12. The average Bonchev–Trinajstić information content (AvgIpc) is 2.13. The lowest BCUT2D eigenvalue weighted by molar-refractivity contribution is -0.139. The van der Waals surface area contributed by atoms with E-state index in [1.807, 2.05) is 6.92 Å². The highest BCUT2D eigenvalue weighted by atomic mass is 32.2. The van der Waals surface area contributed by atoms with Gasteiger partial charge in [0, 0.05) is 6.54 Å². The Kier molecular flexibility index (Phi) is 6.40. The van der Waals surface area contributed by atoms with Gasteiger partial charge in [0.2, 0.25) is 5.91 Å². The van der Waals surface area contributed by atoms with E-state index in [9.17, 15) is 9.59 Å². The summed E-state index contributed by atoms with van der Waals surface area (Å²) in [6.45, 7) is 4.19. The van der Waals surface area contributed by atoms with Crippen molar-refractivity contribution in [3.8, 4) is 0 Å². The number of nitrogens with one attached hydrogen (secondary N) is 1. The first-order valence-electron chi connectivity index (χ1n) is 4.08. The van der Waals surface area contributed by atoms with Gasteiger partial charge in [0.15, 0.2) is 0 Å². The monoisotopic (exact) mass is 205 g/mol. The molecule has 0 saturated heterocycles. The molecule has 0 aromatic carbocycles. The lowest BCUT2D eigenvalue weighted by Crippen LogP contribution is -2.26. The van der Waals surface area contributed by atoms with Crippen LogP contribution in [-0.4, -0.2) is 36.5 Å². The summed E-state index contributed by atoms with van der Waals surface area (Å²) in [6, 6.07) is 0.